The molecule has 0 aliphatic rings. The number of unbranched alkanes of at least 4 members (excludes halogenated alkanes) is 36. The molecular weight excluding hydrogens is 1650 g/mol. The molecule has 18 heteroatoms. The van der Waals surface area contributed by atoms with E-state index in [9.17, 15) is 14.4 Å². The predicted octanol–water partition coefficient (Wildman–Crippen LogP) is 31.3. The van der Waals surface area contributed by atoms with Crippen LogP contribution in [0.1, 0.15) is 320 Å². The SMILES string of the molecule is C=CCCCCCCOc1cc(C(=O)Nc2ccc(-c3nc(-c4ccc(NC(=O)c5cc(OCCCCCCC=C)c(OCCCCCCC=C)c(OCCCCCCC=C)c5)cc4)nc(-c4ccc(NC(=O)c5cc(OCCCCCCC=C)c(OCCCCCCC=C)c(OCCCCCCC=C)c5)cc4)n3)cc2)cc(OCCCCCCC=C)c1OCCCCCCC=C. The smallest absolute Gasteiger partial charge is 0.255 e. The van der Waals surface area contributed by atoms with Crippen LogP contribution in [0, 0.1) is 0 Å². The van der Waals surface area contributed by atoms with E-state index in [0.717, 1.165) is 289 Å². The second-order valence-electron chi connectivity index (χ2n) is 33.9. The lowest BCUT2D eigenvalue weighted by Gasteiger charge is -2.19. The number of allylic oxidation sites excluding steroid dienone is 9. The molecule has 7 aromatic rings. The number of anilines is 3. The van der Waals surface area contributed by atoms with E-state index < -0.39 is 0 Å². The Kier molecular flexibility index (Phi) is 55.9. The molecule has 0 aliphatic heterocycles. The van der Waals surface area contributed by atoms with Crippen molar-refractivity contribution in [2.45, 2.75) is 289 Å². The predicted molar refractivity (Wildman–Crippen MR) is 548 cm³/mol. The fourth-order valence-electron chi connectivity index (χ4n) is 15.0. The first-order valence-electron chi connectivity index (χ1n) is 49.7. The molecule has 0 aliphatic carbocycles. The lowest BCUT2D eigenvalue weighted by Crippen LogP contribution is -2.14. The van der Waals surface area contributed by atoms with Gasteiger partial charge in [0.25, 0.3) is 17.7 Å². The number of nitrogens with one attached hydrogen (secondary N) is 3. The molecule has 1 aromatic heterocycles. The van der Waals surface area contributed by atoms with Crippen molar-refractivity contribution in [3.8, 4) is 85.9 Å². The minimum absolute atomic E-state index is 0.347. The molecule has 6 aromatic carbocycles. The van der Waals surface area contributed by atoms with Crippen molar-refractivity contribution < 1.29 is 57.0 Å². The minimum atomic E-state index is -0.362. The van der Waals surface area contributed by atoms with Gasteiger partial charge in [-0.3, -0.25) is 14.4 Å². The molecule has 0 fully saturated rings. The number of hydrogen-bond donors (Lipinski definition) is 3. The molecule has 0 unspecified atom stereocenters. The second-order valence-corrected chi connectivity index (χ2v) is 33.9. The molecule has 0 bridgehead atoms. The molecule has 0 saturated carbocycles. The summed E-state index contributed by atoms with van der Waals surface area (Å²) >= 11 is 0. The Morgan fingerprint density at radius 1 is 0.212 bits per heavy atom. The molecular formula is C114H156N6O12. The molecule has 0 atom stereocenters. The highest BCUT2D eigenvalue weighted by Gasteiger charge is 2.25. The van der Waals surface area contributed by atoms with E-state index in [1.807, 2.05) is 127 Å². The highest BCUT2D eigenvalue weighted by molar-refractivity contribution is 6.07. The monoisotopic (exact) mass is 1800 g/mol. The molecule has 0 radical (unpaired) electrons. The number of carbonyl (C=O) groups excluding carboxylic acids is 3. The fraction of sp³-hybridized carbons (Fsp3) is 0.474. The van der Waals surface area contributed by atoms with Crippen molar-refractivity contribution in [1.82, 2.24) is 15.0 Å². The number of aromatic nitrogens is 3. The summed E-state index contributed by atoms with van der Waals surface area (Å²) in [7, 11) is 0. The number of ether oxygens (including phenoxy) is 9. The van der Waals surface area contributed by atoms with Gasteiger partial charge in [0.05, 0.1) is 59.5 Å². The average Bonchev–Trinajstić information content (AvgIpc) is 0.792. The van der Waals surface area contributed by atoms with Gasteiger partial charge in [0, 0.05) is 50.4 Å². The van der Waals surface area contributed by atoms with Crippen LogP contribution in [-0.2, 0) is 0 Å². The van der Waals surface area contributed by atoms with Crippen molar-refractivity contribution >= 4 is 34.8 Å². The van der Waals surface area contributed by atoms with Crippen LogP contribution >= 0.6 is 0 Å². The zero-order valence-corrected chi connectivity index (χ0v) is 79.9. The van der Waals surface area contributed by atoms with Crippen LogP contribution in [-0.4, -0.2) is 92.1 Å². The van der Waals surface area contributed by atoms with E-state index in [1.165, 1.54) is 0 Å². The quantitative estimate of drug-likeness (QED) is 0.0239. The largest absolute Gasteiger partial charge is 0.490 e. The zero-order chi connectivity index (χ0) is 93.7. The Hall–Kier alpha value is -11.4. The summed E-state index contributed by atoms with van der Waals surface area (Å²) in [5.74, 6) is 4.24. The van der Waals surface area contributed by atoms with Crippen molar-refractivity contribution in [2.24, 2.45) is 0 Å². The molecule has 3 N–H and O–H groups in total. The van der Waals surface area contributed by atoms with Crippen molar-refractivity contribution in [3.63, 3.8) is 0 Å². The van der Waals surface area contributed by atoms with Gasteiger partial charge in [-0.15, -0.1) is 59.2 Å². The van der Waals surface area contributed by atoms with Gasteiger partial charge in [-0.25, -0.2) is 15.0 Å². The maximum Gasteiger partial charge on any atom is 0.255 e. The molecule has 714 valence electrons. The van der Waals surface area contributed by atoms with Crippen LogP contribution in [0.25, 0.3) is 34.2 Å². The molecule has 0 spiro atoms. The van der Waals surface area contributed by atoms with Gasteiger partial charge >= 0.3 is 0 Å². The Morgan fingerprint density at radius 3 is 0.523 bits per heavy atom. The number of rotatable bonds is 81. The van der Waals surface area contributed by atoms with Gasteiger partial charge < -0.3 is 58.6 Å². The first-order chi connectivity index (χ1) is 65.0. The van der Waals surface area contributed by atoms with E-state index in [2.05, 4.69) is 75.2 Å². The number of carbonyl (C=O) groups is 3. The Bertz CT molecular complexity index is 3930. The van der Waals surface area contributed by atoms with Crippen LogP contribution in [0.2, 0.25) is 0 Å². The summed E-state index contributed by atoms with van der Waals surface area (Å²) < 4.78 is 59.2. The zero-order valence-electron chi connectivity index (χ0n) is 79.9. The standard InChI is InChI=1S/C114H156N6O12/c1-10-19-28-37-46-55-76-124-100-85-94(86-101(125-77-56-47-38-29-20-11-2)106(100)130-82-61-52-43-34-25-16-7)112(121)115-97-70-64-91(65-71-97)109-118-110(92-66-72-98(73-67-92)116-113(122)95-87-102(126-78-57-48-39-30-21-12-3)107(131-83-62-53-44-35-26-17-8)103(88-95)127-79-58-49-40-31-22-13-4)120-111(119-109)93-68-74-99(75-69-93)117-114(123)96-89-104(128-80-59-50-41-32-23-14-5)108(132-84-63-54-45-36-27-18-9)105(90-96)129-81-60-51-42-33-24-15-6/h10-18,64-75,85-90H,1-9,19-63,76-84H2,(H,115,121)(H,116,122)(H,117,123). The van der Waals surface area contributed by atoms with Crippen LogP contribution < -0.4 is 58.6 Å². The van der Waals surface area contributed by atoms with Gasteiger partial charge in [0.15, 0.2) is 52.0 Å². The number of amides is 3. The molecule has 1 heterocycles. The Balaban J connectivity index is 1.24. The number of hydrogen-bond acceptors (Lipinski definition) is 15. The van der Waals surface area contributed by atoms with E-state index >= 15 is 0 Å². The van der Waals surface area contributed by atoms with Gasteiger partial charge in [-0.2, -0.15) is 0 Å². The fourth-order valence-corrected chi connectivity index (χ4v) is 15.0. The summed E-state index contributed by atoms with van der Waals surface area (Å²) in [6, 6.07) is 32.7. The van der Waals surface area contributed by atoms with E-state index in [-0.39, 0.29) is 17.7 Å². The summed E-state index contributed by atoms with van der Waals surface area (Å²) in [6.07, 6.45) is 62.1. The number of benzene rings is 6. The molecule has 18 nitrogen and oxygen atoms in total. The van der Waals surface area contributed by atoms with Crippen LogP contribution in [0.3, 0.4) is 0 Å². The first-order valence-corrected chi connectivity index (χ1v) is 49.7. The maximum absolute atomic E-state index is 14.8. The third-order valence-corrected chi connectivity index (χ3v) is 22.7. The van der Waals surface area contributed by atoms with Crippen LogP contribution in [0.4, 0.5) is 17.1 Å². The van der Waals surface area contributed by atoms with Crippen molar-refractivity contribution in [2.75, 3.05) is 75.4 Å². The van der Waals surface area contributed by atoms with E-state index in [0.29, 0.717) is 179 Å². The van der Waals surface area contributed by atoms with Crippen molar-refractivity contribution in [3.05, 3.63) is 240 Å². The first kappa shape index (κ1) is 108. The summed E-state index contributed by atoms with van der Waals surface area (Å²) in [5.41, 5.74) is 4.54. The molecule has 132 heavy (non-hydrogen) atoms. The second kappa shape index (κ2) is 68.6. The van der Waals surface area contributed by atoms with Gasteiger partial charge in [-0.1, -0.05) is 170 Å². The Labute approximate surface area is 792 Å². The maximum atomic E-state index is 14.8. The summed E-state index contributed by atoms with van der Waals surface area (Å²) in [4.78, 5) is 59.7. The number of nitrogens with zero attached hydrogens (tertiary/aromatic N) is 3. The lowest BCUT2D eigenvalue weighted by molar-refractivity contribution is 0.101. The van der Waals surface area contributed by atoms with Crippen molar-refractivity contribution in [1.29, 1.82) is 0 Å². The topological polar surface area (TPSA) is 209 Å². The van der Waals surface area contributed by atoms with E-state index in [4.69, 9.17) is 57.6 Å². The van der Waals surface area contributed by atoms with Gasteiger partial charge in [0.2, 0.25) is 17.2 Å². The summed E-state index contributed by atoms with van der Waals surface area (Å²) in [5, 5.41) is 9.45. The lowest BCUT2D eigenvalue weighted by atomic mass is 10.1. The highest BCUT2D eigenvalue weighted by atomic mass is 16.6. The molecule has 7 rings (SSSR count). The minimum Gasteiger partial charge on any atom is -0.490 e. The van der Waals surface area contributed by atoms with Gasteiger partial charge in [-0.05, 0) is 283 Å². The highest BCUT2D eigenvalue weighted by Crippen LogP contribution is 2.44. The molecule has 0 saturated heterocycles. The Morgan fingerprint density at radius 2 is 0.364 bits per heavy atom. The van der Waals surface area contributed by atoms with Crippen LogP contribution in [0.15, 0.2) is 223 Å². The third kappa shape index (κ3) is 42.9. The molecule has 3 amide bonds. The average molecular weight is 1800 g/mol. The third-order valence-electron chi connectivity index (χ3n) is 22.7. The summed E-state index contributed by atoms with van der Waals surface area (Å²) in [6.45, 7) is 39.1. The normalized spacial score (nSPS) is 10.9. The van der Waals surface area contributed by atoms with E-state index in [1.54, 1.807) is 36.4 Å². The van der Waals surface area contributed by atoms with Crippen LogP contribution in [0.5, 0.6) is 51.7 Å². The van der Waals surface area contributed by atoms with Gasteiger partial charge in [0.1, 0.15) is 0 Å².